The topological polar surface area (TPSA) is 135 Å². The Balaban J connectivity index is 1.34. The fourth-order valence-corrected chi connectivity index (χ4v) is 4.37. The van der Waals surface area contributed by atoms with Crippen LogP contribution in [0.15, 0.2) is 54.6 Å². The van der Waals surface area contributed by atoms with Crippen molar-refractivity contribution in [2.24, 2.45) is 0 Å². The molecule has 228 valence electrons. The number of ether oxygens (including phenoxy) is 3. The Morgan fingerprint density at radius 3 is 2.40 bits per heavy atom. The summed E-state index contributed by atoms with van der Waals surface area (Å²) in [6.07, 6.45) is -0.170. The lowest BCUT2D eigenvalue weighted by Crippen LogP contribution is -2.45. The molecule has 0 saturated heterocycles. The van der Waals surface area contributed by atoms with Crippen LogP contribution in [-0.4, -0.2) is 60.5 Å². The maximum Gasteiger partial charge on any atom is 0.346 e. The van der Waals surface area contributed by atoms with Crippen LogP contribution in [0, 0.1) is 17.5 Å². The molecular formula is C30H29F3N2O8. The zero-order valence-electron chi connectivity index (χ0n) is 22.9. The third-order valence-electron chi connectivity index (χ3n) is 6.49. The van der Waals surface area contributed by atoms with E-state index in [9.17, 15) is 32.7 Å². The number of hydrogen-bond donors (Lipinski definition) is 3. The van der Waals surface area contributed by atoms with Crippen LogP contribution in [0.3, 0.4) is 0 Å². The van der Waals surface area contributed by atoms with E-state index < -0.39 is 41.4 Å². The molecule has 3 N–H and O–H groups in total. The molecule has 1 aliphatic heterocycles. The van der Waals surface area contributed by atoms with Gasteiger partial charge >= 0.3 is 11.9 Å². The number of carboxylic acid groups (broad SMARTS) is 2. The maximum absolute atomic E-state index is 14.9. The van der Waals surface area contributed by atoms with Gasteiger partial charge in [0.2, 0.25) is 11.9 Å². The monoisotopic (exact) mass is 602 g/mol. The molecule has 1 aliphatic rings. The molecule has 3 aromatic rings. The summed E-state index contributed by atoms with van der Waals surface area (Å²) in [5, 5.41) is 21.1. The Bertz CT molecular complexity index is 1490. The van der Waals surface area contributed by atoms with Crippen LogP contribution in [0.1, 0.15) is 36.0 Å². The van der Waals surface area contributed by atoms with E-state index in [-0.39, 0.29) is 67.6 Å². The number of halogens is 3. The molecule has 1 heterocycles. The Kier molecular flexibility index (Phi) is 10.3. The van der Waals surface area contributed by atoms with Crippen molar-refractivity contribution in [3.63, 3.8) is 0 Å². The van der Waals surface area contributed by atoms with Crippen LogP contribution in [0.2, 0.25) is 0 Å². The van der Waals surface area contributed by atoms with Crippen LogP contribution < -0.4 is 24.4 Å². The summed E-state index contributed by atoms with van der Waals surface area (Å²) in [5.74, 6) is -5.87. The number of hydrogen-bond acceptors (Lipinski definition) is 7. The second-order valence-electron chi connectivity index (χ2n) is 9.59. The molecular weight excluding hydrogens is 573 g/mol. The molecule has 0 fully saturated rings. The summed E-state index contributed by atoms with van der Waals surface area (Å²) < 4.78 is 58.1. The van der Waals surface area contributed by atoms with E-state index in [1.54, 1.807) is 17.0 Å². The lowest BCUT2D eigenvalue weighted by atomic mass is 10.1. The Labute approximate surface area is 244 Å². The summed E-state index contributed by atoms with van der Waals surface area (Å²) in [6.45, 7) is 0.533. The van der Waals surface area contributed by atoms with Gasteiger partial charge < -0.3 is 34.6 Å². The standard InChI is InChI=1S/C30H29F3N2O8/c31-20-6-3-9-24(27(20)33)42-15-2-1-14-41-18-11-12-19(21(32)16-18)29(38)34-22-7-4-8-23-28(22)43-25(30(39)40)17-35(23)13-5-10-26(36)37/h3-4,6-9,11-12,16,25H,1-2,5,10,13-15,17H2,(H,34,38)(H,36,37)(H,39,40)/t25-/m0/s1. The smallest absolute Gasteiger partial charge is 0.346 e. The summed E-state index contributed by atoms with van der Waals surface area (Å²) in [4.78, 5) is 37.3. The molecule has 13 heteroatoms. The summed E-state index contributed by atoms with van der Waals surface area (Å²) >= 11 is 0. The van der Waals surface area contributed by atoms with Crippen molar-refractivity contribution >= 4 is 29.2 Å². The number of nitrogens with zero attached hydrogens (tertiary/aromatic N) is 1. The average Bonchev–Trinajstić information content (AvgIpc) is 2.96. The van der Waals surface area contributed by atoms with Crippen molar-refractivity contribution in [2.75, 3.05) is 36.5 Å². The van der Waals surface area contributed by atoms with E-state index in [0.29, 0.717) is 18.5 Å². The number of carbonyl (C=O) groups is 3. The number of para-hydroxylation sites is 1. The van der Waals surface area contributed by atoms with Crippen LogP contribution in [-0.2, 0) is 9.59 Å². The first kappa shape index (κ1) is 31.0. The minimum absolute atomic E-state index is 0.0198. The highest BCUT2D eigenvalue weighted by molar-refractivity contribution is 6.06. The van der Waals surface area contributed by atoms with Crippen molar-refractivity contribution in [3.05, 3.63) is 77.6 Å². The Hall–Kier alpha value is -4.94. The molecule has 0 radical (unpaired) electrons. The van der Waals surface area contributed by atoms with Crippen molar-refractivity contribution in [1.82, 2.24) is 0 Å². The zero-order valence-corrected chi connectivity index (χ0v) is 22.9. The largest absolute Gasteiger partial charge is 0.493 e. The van der Waals surface area contributed by atoms with Crippen LogP contribution in [0.5, 0.6) is 17.2 Å². The third-order valence-corrected chi connectivity index (χ3v) is 6.49. The van der Waals surface area contributed by atoms with Gasteiger partial charge in [-0.2, -0.15) is 4.39 Å². The molecule has 43 heavy (non-hydrogen) atoms. The van der Waals surface area contributed by atoms with Crippen LogP contribution in [0.4, 0.5) is 24.5 Å². The molecule has 0 spiro atoms. The van der Waals surface area contributed by atoms with Gasteiger partial charge in [0.05, 0.1) is 36.7 Å². The van der Waals surface area contributed by atoms with Crippen LogP contribution in [0.25, 0.3) is 0 Å². The average molecular weight is 603 g/mol. The van der Waals surface area contributed by atoms with Gasteiger partial charge in [0, 0.05) is 19.0 Å². The molecule has 0 unspecified atom stereocenters. The predicted molar refractivity (Wildman–Crippen MR) is 149 cm³/mol. The Morgan fingerprint density at radius 1 is 0.930 bits per heavy atom. The van der Waals surface area contributed by atoms with E-state index in [0.717, 1.165) is 12.1 Å². The van der Waals surface area contributed by atoms with E-state index in [4.69, 9.17) is 19.3 Å². The first-order valence-electron chi connectivity index (χ1n) is 13.4. The van der Waals surface area contributed by atoms with Gasteiger partial charge in [-0.15, -0.1) is 0 Å². The second kappa shape index (κ2) is 14.3. The summed E-state index contributed by atoms with van der Waals surface area (Å²) in [5.41, 5.74) is 0.299. The summed E-state index contributed by atoms with van der Waals surface area (Å²) in [7, 11) is 0. The van der Waals surface area contributed by atoms with E-state index in [2.05, 4.69) is 5.32 Å². The van der Waals surface area contributed by atoms with Crippen molar-refractivity contribution in [2.45, 2.75) is 31.8 Å². The number of fused-ring (bicyclic) bond motifs is 1. The highest BCUT2D eigenvalue weighted by atomic mass is 19.2. The maximum atomic E-state index is 14.9. The van der Waals surface area contributed by atoms with Gasteiger partial charge in [-0.3, -0.25) is 9.59 Å². The number of anilines is 2. The van der Waals surface area contributed by atoms with E-state index in [1.807, 2.05) is 0 Å². The minimum atomic E-state index is -1.27. The fourth-order valence-electron chi connectivity index (χ4n) is 4.37. The number of carbonyl (C=O) groups excluding carboxylic acids is 1. The highest BCUT2D eigenvalue weighted by Gasteiger charge is 2.32. The number of unbranched alkanes of at least 4 members (excludes halogenated alkanes) is 1. The minimum Gasteiger partial charge on any atom is -0.493 e. The molecule has 0 saturated carbocycles. The SMILES string of the molecule is O=C(O)CCCN1C[C@@H](C(=O)O)Oc2c(NC(=O)c3ccc(OCCCCOc4cccc(F)c4F)cc3F)cccc21. The first-order valence-corrected chi connectivity index (χ1v) is 13.4. The molecule has 0 aromatic heterocycles. The van der Waals surface area contributed by atoms with Crippen molar-refractivity contribution in [3.8, 4) is 17.2 Å². The third kappa shape index (κ3) is 8.09. The normalized spacial score (nSPS) is 13.9. The number of amides is 1. The fraction of sp³-hybridized carbons (Fsp3) is 0.300. The van der Waals surface area contributed by atoms with Crippen LogP contribution >= 0.6 is 0 Å². The van der Waals surface area contributed by atoms with Crippen molar-refractivity contribution in [1.29, 1.82) is 0 Å². The number of benzene rings is 3. The number of aliphatic carboxylic acids is 2. The van der Waals surface area contributed by atoms with Gasteiger partial charge in [-0.1, -0.05) is 12.1 Å². The lowest BCUT2D eigenvalue weighted by molar-refractivity contribution is -0.145. The van der Waals surface area contributed by atoms with E-state index >= 15 is 0 Å². The van der Waals surface area contributed by atoms with Crippen molar-refractivity contribution < 1.29 is 52.0 Å². The van der Waals surface area contributed by atoms with Gasteiger partial charge in [-0.05, 0) is 55.7 Å². The summed E-state index contributed by atoms with van der Waals surface area (Å²) in [6, 6.07) is 12.1. The molecule has 0 bridgehead atoms. The van der Waals surface area contributed by atoms with Gasteiger partial charge in [0.1, 0.15) is 11.6 Å². The van der Waals surface area contributed by atoms with Gasteiger partial charge in [0.15, 0.2) is 17.3 Å². The number of carboxylic acids is 2. The predicted octanol–water partition coefficient (Wildman–Crippen LogP) is 5.11. The van der Waals surface area contributed by atoms with E-state index in [1.165, 1.54) is 30.3 Å². The molecule has 1 amide bonds. The molecule has 3 aromatic carbocycles. The molecule has 1 atom stereocenters. The first-order chi connectivity index (χ1) is 20.6. The molecule has 0 aliphatic carbocycles. The second-order valence-corrected chi connectivity index (χ2v) is 9.59. The molecule has 4 rings (SSSR count). The van der Waals surface area contributed by atoms with Gasteiger partial charge in [0.25, 0.3) is 5.91 Å². The van der Waals surface area contributed by atoms with Gasteiger partial charge in [-0.25, -0.2) is 13.6 Å². The number of rotatable bonds is 14. The lowest BCUT2D eigenvalue weighted by Gasteiger charge is -2.35. The zero-order chi connectivity index (χ0) is 30.9. The number of nitrogens with one attached hydrogen (secondary N) is 1. The quantitative estimate of drug-likeness (QED) is 0.215. The highest BCUT2D eigenvalue weighted by Crippen LogP contribution is 2.40. The molecule has 10 nitrogen and oxygen atoms in total. The Morgan fingerprint density at radius 2 is 1.67 bits per heavy atom.